The normalized spacial score (nSPS) is 14.9. The number of hydrogen-bond acceptors (Lipinski definition) is 4. The van der Waals surface area contributed by atoms with E-state index in [1.807, 2.05) is 66.8 Å². The number of piperazine rings is 1. The molecule has 0 radical (unpaired) electrons. The average Bonchev–Trinajstić information content (AvgIpc) is 2.97. The second kappa shape index (κ2) is 9.06. The molecule has 1 aromatic carbocycles. The van der Waals surface area contributed by atoms with Crippen molar-refractivity contribution in [2.45, 2.75) is 20.3 Å². The summed E-state index contributed by atoms with van der Waals surface area (Å²) in [5.74, 6) is 1.04. The number of benzene rings is 1. The van der Waals surface area contributed by atoms with Crippen LogP contribution in [0.5, 0.6) is 5.75 Å². The van der Waals surface area contributed by atoms with Gasteiger partial charge in [0.25, 0.3) is 0 Å². The summed E-state index contributed by atoms with van der Waals surface area (Å²) in [6.07, 6.45) is 0.371. The number of rotatable bonds is 7. The Labute approximate surface area is 166 Å². The highest BCUT2D eigenvalue weighted by molar-refractivity contribution is 5.99. The number of ketones is 1. The number of amides is 1. The van der Waals surface area contributed by atoms with Crippen molar-refractivity contribution < 1.29 is 14.3 Å². The molecule has 2 heterocycles. The van der Waals surface area contributed by atoms with Crippen LogP contribution in [-0.4, -0.2) is 65.4 Å². The van der Waals surface area contributed by atoms with Crippen molar-refractivity contribution in [2.24, 2.45) is 7.05 Å². The number of carbonyl (C=O) groups excluding carboxylic acids is 2. The average molecular weight is 383 g/mol. The van der Waals surface area contributed by atoms with E-state index in [0.29, 0.717) is 32.7 Å². The van der Waals surface area contributed by atoms with E-state index in [9.17, 15) is 9.59 Å². The SMILES string of the molecule is Cc1cc(C(=O)CN2CCN(C(=O)CCOc3ccccc3)CC2)c(C)n1C. The van der Waals surface area contributed by atoms with Gasteiger partial charge in [0.2, 0.25) is 5.91 Å². The molecule has 0 atom stereocenters. The summed E-state index contributed by atoms with van der Waals surface area (Å²) in [6, 6.07) is 11.5. The maximum atomic E-state index is 12.6. The second-order valence-electron chi connectivity index (χ2n) is 7.34. The number of ether oxygens (including phenoxy) is 1. The number of aryl methyl sites for hydroxylation is 1. The molecule has 1 aliphatic rings. The van der Waals surface area contributed by atoms with Gasteiger partial charge >= 0.3 is 0 Å². The van der Waals surface area contributed by atoms with Gasteiger partial charge in [0.05, 0.1) is 19.6 Å². The van der Waals surface area contributed by atoms with Crippen LogP contribution >= 0.6 is 0 Å². The highest BCUT2D eigenvalue weighted by Crippen LogP contribution is 2.15. The Kier molecular flexibility index (Phi) is 6.52. The monoisotopic (exact) mass is 383 g/mol. The van der Waals surface area contributed by atoms with Gasteiger partial charge in [-0.25, -0.2) is 0 Å². The Morgan fingerprint density at radius 2 is 1.71 bits per heavy atom. The van der Waals surface area contributed by atoms with Crippen molar-refractivity contribution in [1.29, 1.82) is 0 Å². The molecule has 1 fully saturated rings. The predicted molar refractivity (Wildman–Crippen MR) is 109 cm³/mol. The largest absolute Gasteiger partial charge is 0.493 e. The van der Waals surface area contributed by atoms with Crippen molar-refractivity contribution in [2.75, 3.05) is 39.3 Å². The highest BCUT2D eigenvalue weighted by Gasteiger charge is 2.23. The first kappa shape index (κ1) is 20.1. The fraction of sp³-hybridized carbons (Fsp3) is 0.455. The third kappa shape index (κ3) is 4.81. The Bertz CT molecular complexity index is 821. The van der Waals surface area contributed by atoms with E-state index < -0.39 is 0 Å². The molecule has 28 heavy (non-hydrogen) atoms. The van der Waals surface area contributed by atoms with Crippen molar-refractivity contribution in [3.63, 3.8) is 0 Å². The van der Waals surface area contributed by atoms with Crippen LogP contribution in [0.15, 0.2) is 36.4 Å². The summed E-state index contributed by atoms with van der Waals surface area (Å²) in [5, 5.41) is 0. The molecule has 1 amide bonds. The molecule has 0 unspecified atom stereocenters. The van der Waals surface area contributed by atoms with Gasteiger partial charge in [0, 0.05) is 50.2 Å². The standard InChI is InChI=1S/C22H29N3O3/c1-17-15-20(18(2)23(17)3)21(26)16-24-10-12-25(13-11-24)22(27)9-14-28-19-7-5-4-6-8-19/h4-8,15H,9-14,16H2,1-3H3. The summed E-state index contributed by atoms with van der Waals surface area (Å²) in [7, 11) is 1.98. The topological polar surface area (TPSA) is 54.8 Å². The third-order valence-corrected chi connectivity index (χ3v) is 5.50. The van der Waals surface area contributed by atoms with E-state index in [0.717, 1.165) is 35.8 Å². The van der Waals surface area contributed by atoms with Gasteiger partial charge in [-0.2, -0.15) is 0 Å². The van der Waals surface area contributed by atoms with Crippen LogP contribution in [0.4, 0.5) is 0 Å². The van der Waals surface area contributed by atoms with Crippen molar-refractivity contribution in [1.82, 2.24) is 14.4 Å². The quantitative estimate of drug-likeness (QED) is 0.689. The van der Waals surface area contributed by atoms with Gasteiger partial charge in [-0.15, -0.1) is 0 Å². The maximum Gasteiger partial charge on any atom is 0.226 e. The molecule has 150 valence electrons. The maximum absolute atomic E-state index is 12.6. The van der Waals surface area contributed by atoms with Crippen LogP contribution < -0.4 is 4.74 Å². The smallest absolute Gasteiger partial charge is 0.226 e. The first-order chi connectivity index (χ1) is 13.5. The van der Waals surface area contributed by atoms with E-state index in [1.165, 1.54) is 0 Å². The summed E-state index contributed by atoms with van der Waals surface area (Å²) < 4.78 is 7.65. The lowest BCUT2D eigenvalue weighted by Gasteiger charge is -2.34. The summed E-state index contributed by atoms with van der Waals surface area (Å²) in [4.78, 5) is 29.0. The molecule has 3 rings (SSSR count). The molecular formula is C22H29N3O3. The molecule has 0 aliphatic carbocycles. The van der Waals surface area contributed by atoms with Crippen LogP contribution in [0.3, 0.4) is 0 Å². The number of Topliss-reactive ketones (excluding diaryl/α,β-unsaturated/α-hetero) is 1. The molecule has 1 aromatic heterocycles. The molecule has 2 aromatic rings. The van der Waals surface area contributed by atoms with E-state index in [4.69, 9.17) is 4.74 Å². The van der Waals surface area contributed by atoms with Gasteiger partial charge in [0.1, 0.15) is 5.75 Å². The van der Waals surface area contributed by atoms with Crippen molar-refractivity contribution in [3.8, 4) is 5.75 Å². The zero-order valence-electron chi connectivity index (χ0n) is 17.0. The van der Waals surface area contributed by atoms with Crippen LogP contribution in [0.25, 0.3) is 0 Å². The number of para-hydroxylation sites is 1. The molecule has 0 saturated carbocycles. The minimum atomic E-state index is 0.108. The summed E-state index contributed by atoms with van der Waals surface area (Å²) in [5.41, 5.74) is 2.90. The highest BCUT2D eigenvalue weighted by atomic mass is 16.5. The van der Waals surface area contributed by atoms with E-state index in [-0.39, 0.29) is 11.7 Å². The minimum Gasteiger partial charge on any atom is -0.493 e. The van der Waals surface area contributed by atoms with E-state index in [2.05, 4.69) is 4.90 Å². The Morgan fingerprint density at radius 3 is 2.32 bits per heavy atom. The van der Waals surface area contributed by atoms with Gasteiger partial charge < -0.3 is 14.2 Å². The Hall–Kier alpha value is -2.60. The van der Waals surface area contributed by atoms with E-state index in [1.54, 1.807) is 0 Å². The first-order valence-corrected chi connectivity index (χ1v) is 9.80. The lowest BCUT2D eigenvalue weighted by atomic mass is 10.1. The van der Waals surface area contributed by atoms with Crippen LogP contribution in [-0.2, 0) is 11.8 Å². The second-order valence-corrected chi connectivity index (χ2v) is 7.34. The van der Waals surface area contributed by atoms with Gasteiger partial charge in [-0.3, -0.25) is 14.5 Å². The van der Waals surface area contributed by atoms with E-state index >= 15 is 0 Å². The van der Waals surface area contributed by atoms with Crippen molar-refractivity contribution >= 4 is 11.7 Å². The van der Waals surface area contributed by atoms with Crippen LogP contribution in [0.2, 0.25) is 0 Å². The number of carbonyl (C=O) groups is 2. The molecule has 1 aliphatic heterocycles. The number of nitrogens with zero attached hydrogens (tertiary/aromatic N) is 3. The first-order valence-electron chi connectivity index (χ1n) is 9.80. The van der Waals surface area contributed by atoms with Crippen LogP contribution in [0, 0.1) is 13.8 Å². The Balaban J connectivity index is 1.41. The van der Waals surface area contributed by atoms with Crippen molar-refractivity contribution in [3.05, 3.63) is 53.3 Å². The molecule has 0 N–H and O–H groups in total. The third-order valence-electron chi connectivity index (χ3n) is 5.50. The predicted octanol–water partition coefficient (Wildman–Crippen LogP) is 2.44. The van der Waals surface area contributed by atoms with Gasteiger partial charge in [-0.1, -0.05) is 18.2 Å². The number of hydrogen-bond donors (Lipinski definition) is 0. The molecule has 0 spiro atoms. The summed E-state index contributed by atoms with van der Waals surface area (Å²) in [6.45, 7) is 7.54. The fourth-order valence-electron chi connectivity index (χ4n) is 3.51. The molecule has 1 saturated heterocycles. The Morgan fingerprint density at radius 1 is 1.04 bits per heavy atom. The lowest BCUT2D eigenvalue weighted by molar-refractivity contribution is -0.133. The summed E-state index contributed by atoms with van der Waals surface area (Å²) >= 11 is 0. The fourth-order valence-corrected chi connectivity index (χ4v) is 3.51. The number of aromatic nitrogens is 1. The van der Waals surface area contributed by atoms with Gasteiger partial charge in [-0.05, 0) is 32.0 Å². The molecular weight excluding hydrogens is 354 g/mol. The lowest BCUT2D eigenvalue weighted by Crippen LogP contribution is -2.50. The van der Waals surface area contributed by atoms with Gasteiger partial charge in [0.15, 0.2) is 5.78 Å². The molecule has 6 nitrogen and oxygen atoms in total. The zero-order chi connectivity index (χ0) is 20.1. The minimum absolute atomic E-state index is 0.108. The zero-order valence-corrected chi connectivity index (χ0v) is 17.0. The van der Waals surface area contributed by atoms with Crippen LogP contribution in [0.1, 0.15) is 28.2 Å². The molecule has 0 bridgehead atoms. The molecule has 6 heteroatoms.